The van der Waals surface area contributed by atoms with E-state index in [0.29, 0.717) is 6.04 Å². The Balaban J connectivity index is 1.52. The molecule has 0 aliphatic carbocycles. The molecule has 1 fully saturated rings. The second kappa shape index (κ2) is 7.59. The van der Waals surface area contributed by atoms with E-state index in [1.807, 2.05) is 53.2 Å². The van der Waals surface area contributed by atoms with Gasteiger partial charge in [-0.15, -0.1) is 0 Å². The number of carbonyl (C=O) groups is 1. The van der Waals surface area contributed by atoms with Crippen LogP contribution in [0, 0.1) is 0 Å². The van der Waals surface area contributed by atoms with Gasteiger partial charge in [-0.1, -0.05) is 18.2 Å². The molecule has 6 nitrogen and oxygen atoms in total. The van der Waals surface area contributed by atoms with Crippen molar-refractivity contribution in [2.24, 2.45) is 0 Å². The van der Waals surface area contributed by atoms with E-state index in [9.17, 15) is 4.79 Å². The van der Waals surface area contributed by atoms with Gasteiger partial charge >= 0.3 is 5.97 Å². The number of likely N-dealkylation sites (tertiary alicyclic amines) is 1. The van der Waals surface area contributed by atoms with Gasteiger partial charge in [-0.2, -0.15) is 5.10 Å². The van der Waals surface area contributed by atoms with Crippen LogP contribution in [0.3, 0.4) is 0 Å². The first-order valence-corrected chi connectivity index (χ1v) is 8.35. The van der Waals surface area contributed by atoms with Crippen molar-refractivity contribution in [2.45, 2.75) is 25.4 Å². The molecule has 1 saturated heterocycles. The molecule has 0 atom stereocenters. The summed E-state index contributed by atoms with van der Waals surface area (Å²) < 4.78 is 1.91. The Morgan fingerprint density at radius 1 is 1.29 bits per heavy atom. The molecule has 0 bridgehead atoms. The van der Waals surface area contributed by atoms with E-state index in [2.05, 4.69) is 16.2 Å². The van der Waals surface area contributed by atoms with Crippen molar-refractivity contribution in [1.29, 1.82) is 0 Å². The minimum atomic E-state index is -0.756. The zero-order valence-corrected chi connectivity index (χ0v) is 14.0. The van der Waals surface area contributed by atoms with Gasteiger partial charge in [0.15, 0.2) is 0 Å². The number of benzene rings is 1. The van der Waals surface area contributed by atoms with Crippen molar-refractivity contribution in [1.82, 2.24) is 19.6 Å². The molecular weight excluding hydrogens is 304 g/mol. The topological polar surface area (TPSA) is 61.6 Å². The highest BCUT2D eigenvalue weighted by Gasteiger charge is 2.23. The lowest BCUT2D eigenvalue weighted by molar-refractivity contribution is -0.138. The quantitative estimate of drug-likeness (QED) is 0.877. The van der Waals surface area contributed by atoms with E-state index in [1.165, 1.54) is 5.56 Å². The number of aromatic nitrogens is 2. The summed E-state index contributed by atoms with van der Waals surface area (Å²) in [6.45, 7) is 2.99. The third-order valence-corrected chi connectivity index (χ3v) is 4.63. The number of piperidine rings is 1. The fourth-order valence-electron chi connectivity index (χ4n) is 3.28. The first-order valence-electron chi connectivity index (χ1n) is 8.35. The van der Waals surface area contributed by atoms with Crippen LogP contribution in [0.25, 0.3) is 5.69 Å². The molecule has 0 saturated carbocycles. The van der Waals surface area contributed by atoms with Crippen LogP contribution < -0.4 is 0 Å². The van der Waals surface area contributed by atoms with Crippen LogP contribution in [0.2, 0.25) is 0 Å². The molecule has 2 heterocycles. The van der Waals surface area contributed by atoms with Crippen LogP contribution in [-0.4, -0.2) is 63.4 Å². The standard InChI is InChI=1S/C18H24N4O2/c1-20(14-18(23)24)16-7-9-21(10-8-16)12-15-11-19-22(13-15)17-5-3-2-4-6-17/h2-6,11,13,16H,7-10,12,14H2,1H3,(H,23,24). The number of nitrogens with zero attached hydrogens (tertiary/aromatic N) is 4. The third kappa shape index (κ3) is 4.21. The molecule has 2 aromatic rings. The lowest BCUT2D eigenvalue weighted by Crippen LogP contribution is -2.44. The fourth-order valence-corrected chi connectivity index (χ4v) is 3.28. The molecule has 1 aliphatic rings. The molecule has 0 unspecified atom stereocenters. The summed E-state index contributed by atoms with van der Waals surface area (Å²) in [6, 6.07) is 10.5. The van der Waals surface area contributed by atoms with Gasteiger partial charge in [0.1, 0.15) is 0 Å². The lowest BCUT2D eigenvalue weighted by atomic mass is 10.0. The second-order valence-electron chi connectivity index (χ2n) is 6.44. The summed E-state index contributed by atoms with van der Waals surface area (Å²) in [4.78, 5) is 15.2. The maximum atomic E-state index is 10.8. The van der Waals surface area contributed by atoms with Crippen LogP contribution in [0.4, 0.5) is 0 Å². The zero-order chi connectivity index (χ0) is 16.9. The molecule has 0 radical (unpaired) electrons. The average Bonchev–Trinajstić information content (AvgIpc) is 3.04. The molecule has 1 N–H and O–H groups in total. The van der Waals surface area contributed by atoms with Crippen molar-refractivity contribution in [2.75, 3.05) is 26.7 Å². The van der Waals surface area contributed by atoms with E-state index in [-0.39, 0.29) is 6.54 Å². The van der Waals surface area contributed by atoms with Gasteiger partial charge in [0, 0.05) is 24.3 Å². The van der Waals surface area contributed by atoms with Gasteiger partial charge in [0.2, 0.25) is 0 Å². The van der Waals surface area contributed by atoms with Crippen molar-refractivity contribution < 1.29 is 9.90 Å². The predicted molar refractivity (Wildman–Crippen MR) is 92.1 cm³/mol. The molecule has 1 aromatic carbocycles. The monoisotopic (exact) mass is 328 g/mol. The van der Waals surface area contributed by atoms with Gasteiger partial charge in [-0.25, -0.2) is 4.68 Å². The van der Waals surface area contributed by atoms with E-state index < -0.39 is 5.97 Å². The number of rotatable bonds is 6. The highest BCUT2D eigenvalue weighted by atomic mass is 16.4. The Morgan fingerprint density at radius 2 is 2.00 bits per heavy atom. The van der Waals surface area contributed by atoms with Crippen LogP contribution in [0.5, 0.6) is 0 Å². The summed E-state index contributed by atoms with van der Waals surface area (Å²) in [5.41, 5.74) is 2.27. The largest absolute Gasteiger partial charge is 0.480 e. The molecule has 0 amide bonds. The van der Waals surface area contributed by atoms with Gasteiger partial charge in [-0.05, 0) is 45.1 Å². The number of para-hydroxylation sites is 1. The summed E-state index contributed by atoms with van der Waals surface area (Å²) in [5.74, 6) is -0.756. The summed E-state index contributed by atoms with van der Waals surface area (Å²) in [6.07, 6.45) is 6.03. The number of hydrogen-bond acceptors (Lipinski definition) is 4. The normalized spacial score (nSPS) is 16.6. The van der Waals surface area contributed by atoms with Crippen molar-refractivity contribution >= 4 is 5.97 Å². The molecule has 1 aliphatic heterocycles. The molecule has 3 rings (SSSR count). The van der Waals surface area contributed by atoms with Gasteiger partial charge in [0.25, 0.3) is 0 Å². The Morgan fingerprint density at radius 3 is 2.67 bits per heavy atom. The molecule has 24 heavy (non-hydrogen) atoms. The van der Waals surface area contributed by atoms with Crippen LogP contribution in [-0.2, 0) is 11.3 Å². The summed E-state index contributed by atoms with van der Waals surface area (Å²) in [7, 11) is 1.90. The first-order chi connectivity index (χ1) is 11.6. The molecule has 128 valence electrons. The van der Waals surface area contributed by atoms with E-state index >= 15 is 0 Å². The zero-order valence-electron chi connectivity index (χ0n) is 14.0. The predicted octanol–water partition coefficient (Wildman–Crippen LogP) is 1.85. The van der Waals surface area contributed by atoms with Gasteiger partial charge in [-0.3, -0.25) is 14.6 Å². The number of carboxylic acid groups (broad SMARTS) is 1. The number of hydrogen-bond donors (Lipinski definition) is 1. The lowest BCUT2D eigenvalue weighted by Gasteiger charge is -2.35. The molecule has 1 aromatic heterocycles. The number of carboxylic acids is 1. The SMILES string of the molecule is CN(CC(=O)O)C1CCN(Cc2cnn(-c3ccccc3)c2)CC1. The minimum Gasteiger partial charge on any atom is -0.480 e. The van der Waals surface area contributed by atoms with E-state index in [4.69, 9.17) is 5.11 Å². The maximum absolute atomic E-state index is 10.8. The summed E-state index contributed by atoms with van der Waals surface area (Å²) >= 11 is 0. The van der Waals surface area contributed by atoms with Crippen molar-refractivity contribution in [3.63, 3.8) is 0 Å². The smallest absolute Gasteiger partial charge is 0.317 e. The third-order valence-electron chi connectivity index (χ3n) is 4.63. The van der Waals surface area contributed by atoms with Gasteiger partial charge < -0.3 is 5.11 Å². The van der Waals surface area contributed by atoms with Crippen molar-refractivity contribution in [3.8, 4) is 5.69 Å². The number of aliphatic carboxylic acids is 1. The van der Waals surface area contributed by atoms with Gasteiger partial charge in [0.05, 0.1) is 18.4 Å². The Hall–Kier alpha value is -2.18. The second-order valence-corrected chi connectivity index (χ2v) is 6.44. The average molecular weight is 328 g/mol. The highest BCUT2D eigenvalue weighted by Crippen LogP contribution is 2.18. The Kier molecular flexibility index (Phi) is 5.27. The molecular formula is C18H24N4O2. The first kappa shape index (κ1) is 16.7. The fraction of sp³-hybridized carbons (Fsp3) is 0.444. The Labute approximate surface area is 142 Å². The van der Waals surface area contributed by atoms with E-state index in [1.54, 1.807) is 0 Å². The minimum absolute atomic E-state index is 0.120. The van der Waals surface area contributed by atoms with E-state index in [0.717, 1.165) is 38.2 Å². The molecule has 6 heteroatoms. The van der Waals surface area contributed by atoms with Crippen LogP contribution in [0.1, 0.15) is 18.4 Å². The van der Waals surface area contributed by atoms with Crippen LogP contribution in [0.15, 0.2) is 42.7 Å². The summed E-state index contributed by atoms with van der Waals surface area (Å²) in [5, 5.41) is 13.3. The number of likely N-dealkylation sites (N-methyl/N-ethyl adjacent to an activating group) is 1. The van der Waals surface area contributed by atoms with Crippen molar-refractivity contribution in [3.05, 3.63) is 48.3 Å². The van der Waals surface area contributed by atoms with Crippen LogP contribution >= 0.6 is 0 Å². The Bertz CT molecular complexity index is 663. The molecule has 0 spiro atoms. The highest BCUT2D eigenvalue weighted by molar-refractivity contribution is 5.69. The maximum Gasteiger partial charge on any atom is 0.317 e.